The second-order valence-electron chi connectivity index (χ2n) is 6.37. The van der Waals surface area contributed by atoms with Crippen molar-refractivity contribution in [1.29, 1.82) is 0 Å². The Morgan fingerprint density at radius 3 is 2.70 bits per heavy atom. The maximum absolute atomic E-state index is 4.35. The third-order valence-corrected chi connectivity index (χ3v) is 5.33. The fourth-order valence-corrected chi connectivity index (χ4v) is 3.61. The molecule has 5 heteroatoms. The van der Waals surface area contributed by atoms with Gasteiger partial charge in [-0.2, -0.15) is 0 Å². The largest absolute Gasteiger partial charge is 0.356 e. The van der Waals surface area contributed by atoms with Gasteiger partial charge in [0.25, 0.3) is 0 Å². The van der Waals surface area contributed by atoms with Crippen molar-refractivity contribution in [3.05, 3.63) is 29.3 Å². The number of likely N-dealkylation sites (tertiary alicyclic amines) is 1. The number of aryl methyl sites for hydroxylation is 1. The number of nitrogens with zero attached hydrogens (tertiary/aromatic N) is 2. The van der Waals surface area contributed by atoms with Crippen molar-refractivity contribution in [2.75, 3.05) is 40.0 Å². The highest BCUT2D eigenvalue weighted by Crippen LogP contribution is 2.21. The van der Waals surface area contributed by atoms with Crippen molar-refractivity contribution in [3.63, 3.8) is 0 Å². The van der Waals surface area contributed by atoms with Gasteiger partial charge in [-0.3, -0.25) is 4.99 Å². The Labute approximate surface area is 145 Å². The van der Waals surface area contributed by atoms with Crippen LogP contribution in [0.3, 0.4) is 0 Å². The summed E-state index contributed by atoms with van der Waals surface area (Å²) in [4.78, 5) is 8.10. The van der Waals surface area contributed by atoms with Crippen molar-refractivity contribution in [3.8, 4) is 0 Å². The number of rotatable bonds is 5. The fraction of sp³-hybridized carbons (Fsp3) is 0.611. The summed E-state index contributed by atoms with van der Waals surface area (Å²) in [5.74, 6) is 1.66. The summed E-state index contributed by atoms with van der Waals surface area (Å²) in [7, 11) is 4.05. The second kappa shape index (κ2) is 9.18. The molecule has 1 aromatic rings. The van der Waals surface area contributed by atoms with E-state index in [-0.39, 0.29) is 0 Å². The highest BCUT2D eigenvalue weighted by molar-refractivity contribution is 7.98. The molecule has 0 saturated carbocycles. The lowest BCUT2D eigenvalue weighted by Crippen LogP contribution is -2.42. The van der Waals surface area contributed by atoms with E-state index < -0.39 is 0 Å². The van der Waals surface area contributed by atoms with Crippen LogP contribution in [0.25, 0.3) is 0 Å². The van der Waals surface area contributed by atoms with E-state index in [1.165, 1.54) is 42.0 Å². The minimum atomic E-state index is 0.755. The van der Waals surface area contributed by atoms with E-state index in [0.29, 0.717) is 0 Å². The first-order valence-electron chi connectivity index (χ1n) is 8.39. The van der Waals surface area contributed by atoms with Gasteiger partial charge in [0.05, 0.1) is 0 Å². The van der Waals surface area contributed by atoms with Gasteiger partial charge in [0.2, 0.25) is 0 Å². The number of hydrogen-bond acceptors (Lipinski definition) is 3. The number of nitrogens with one attached hydrogen (secondary N) is 2. The molecule has 2 N–H and O–H groups in total. The average Bonchev–Trinajstić information content (AvgIpc) is 2.57. The maximum Gasteiger partial charge on any atom is 0.191 e. The van der Waals surface area contributed by atoms with Crippen LogP contribution in [0, 0.1) is 12.8 Å². The van der Waals surface area contributed by atoms with Crippen molar-refractivity contribution < 1.29 is 0 Å². The van der Waals surface area contributed by atoms with Crippen LogP contribution in [0.1, 0.15) is 24.0 Å². The molecule has 0 spiro atoms. The Morgan fingerprint density at radius 2 is 2.04 bits per heavy atom. The zero-order valence-electron chi connectivity index (χ0n) is 14.9. The van der Waals surface area contributed by atoms with Gasteiger partial charge in [-0.25, -0.2) is 0 Å². The van der Waals surface area contributed by atoms with Crippen LogP contribution in [0.4, 0.5) is 0 Å². The first kappa shape index (κ1) is 18.1. The predicted octanol–water partition coefficient (Wildman–Crippen LogP) is 2.72. The highest BCUT2D eigenvalue weighted by Gasteiger charge is 2.16. The van der Waals surface area contributed by atoms with E-state index in [1.54, 1.807) is 11.8 Å². The van der Waals surface area contributed by atoms with E-state index in [4.69, 9.17) is 0 Å². The van der Waals surface area contributed by atoms with Crippen LogP contribution in [0.2, 0.25) is 0 Å². The van der Waals surface area contributed by atoms with Gasteiger partial charge in [-0.05, 0) is 69.3 Å². The van der Waals surface area contributed by atoms with Crippen LogP contribution in [0.5, 0.6) is 0 Å². The molecule has 0 radical (unpaired) electrons. The lowest BCUT2D eigenvalue weighted by molar-refractivity contribution is 0.220. The lowest BCUT2D eigenvalue weighted by atomic mass is 9.97. The molecule has 1 heterocycles. The summed E-state index contributed by atoms with van der Waals surface area (Å²) in [5.41, 5.74) is 2.63. The molecule has 2 rings (SSSR count). The monoisotopic (exact) mass is 334 g/mol. The van der Waals surface area contributed by atoms with Crippen molar-refractivity contribution >= 4 is 17.7 Å². The molecule has 0 aromatic heterocycles. The first-order valence-corrected chi connectivity index (χ1v) is 9.61. The normalized spacial score (nSPS) is 17.3. The topological polar surface area (TPSA) is 39.7 Å². The molecule has 1 fully saturated rings. The summed E-state index contributed by atoms with van der Waals surface area (Å²) in [6, 6.07) is 6.63. The second-order valence-corrected chi connectivity index (χ2v) is 7.22. The minimum Gasteiger partial charge on any atom is -0.356 e. The highest BCUT2D eigenvalue weighted by atomic mass is 32.2. The first-order chi connectivity index (χ1) is 11.1. The molecule has 1 saturated heterocycles. The van der Waals surface area contributed by atoms with E-state index in [2.05, 4.69) is 59.0 Å². The molecule has 1 aliphatic rings. The average molecular weight is 335 g/mol. The summed E-state index contributed by atoms with van der Waals surface area (Å²) in [5, 5.41) is 6.93. The molecule has 23 heavy (non-hydrogen) atoms. The molecule has 4 nitrogen and oxygen atoms in total. The molecule has 0 aliphatic carbocycles. The third-order valence-electron chi connectivity index (χ3n) is 4.51. The summed E-state index contributed by atoms with van der Waals surface area (Å²) < 4.78 is 0. The number of guanidine groups is 1. The quantitative estimate of drug-likeness (QED) is 0.493. The van der Waals surface area contributed by atoms with E-state index in [0.717, 1.165) is 25.0 Å². The summed E-state index contributed by atoms with van der Waals surface area (Å²) in [6.45, 7) is 6.37. The van der Waals surface area contributed by atoms with Crippen molar-refractivity contribution in [2.24, 2.45) is 10.9 Å². The number of aliphatic imine (C=N–C) groups is 1. The van der Waals surface area contributed by atoms with Crippen LogP contribution in [0.15, 0.2) is 28.1 Å². The molecular formula is C18H30N4S. The molecule has 128 valence electrons. The summed E-state index contributed by atoms with van der Waals surface area (Å²) >= 11 is 1.80. The molecule has 0 amide bonds. The summed E-state index contributed by atoms with van der Waals surface area (Å²) in [6.07, 6.45) is 4.68. The molecule has 1 aliphatic heterocycles. The molecule has 1 aromatic carbocycles. The van der Waals surface area contributed by atoms with Crippen molar-refractivity contribution in [2.45, 2.75) is 31.2 Å². The van der Waals surface area contributed by atoms with Crippen LogP contribution < -0.4 is 10.6 Å². The number of piperidine rings is 1. The Balaban J connectivity index is 1.81. The van der Waals surface area contributed by atoms with Gasteiger partial charge >= 0.3 is 0 Å². The third kappa shape index (κ3) is 5.74. The van der Waals surface area contributed by atoms with Crippen LogP contribution in [-0.2, 0) is 6.54 Å². The van der Waals surface area contributed by atoms with Gasteiger partial charge in [-0.1, -0.05) is 12.1 Å². The minimum absolute atomic E-state index is 0.755. The van der Waals surface area contributed by atoms with Gasteiger partial charge < -0.3 is 15.5 Å². The Bertz CT molecular complexity index is 522. The number of thioether (sulfide) groups is 1. The van der Waals surface area contributed by atoms with E-state index in [1.807, 2.05) is 7.05 Å². The zero-order valence-corrected chi connectivity index (χ0v) is 15.7. The van der Waals surface area contributed by atoms with E-state index in [9.17, 15) is 0 Å². The molecule has 0 unspecified atom stereocenters. The fourth-order valence-electron chi connectivity index (χ4n) is 2.90. The van der Waals surface area contributed by atoms with Gasteiger partial charge in [0.15, 0.2) is 5.96 Å². The maximum atomic E-state index is 4.35. The van der Waals surface area contributed by atoms with Gasteiger partial charge in [-0.15, -0.1) is 11.8 Å². The Kier molecular flexibility index (Phi) is 7.24. The molecular weight excluding hydrogens is 304 g/mol. The lowest BCUT2D eigenvalue weighted by Gasteiger charge is -2.29. The van der Waals surface area contributed by atoms with Crippen LogP contribution in [-0.4, -0.2) is 50.8 Å². The molecule has 0 bridgehead atoms. The number of benzene rings is 1. The Morgan fingerprint density at radius 1 is 1.30 bits per heavy atom. The van der Waals surface area contributed by atoms with Crippen molar-refractivity contribution in [1.82, 2.24) is 15.5 Å². The van der Waals surface area contributed by atoms with Gasteiger partial charge in [0, 0.05) is 25.0 Å². The SMILES string of the molecule is CN=C(NCc1ccc(C)cc1SC)NCC1CCN(C)CC1. The predicted molar refractivity (Wildman–Crippen MR) is 101 cm³/mol. The smallest absolute Gasteiger partial charge is 0.191 e. The number of hydrogen-bond donors (Lipinski definition) is 2. The zero-order chi connectivity index (χ0) is 16.7. The molecule has 0 atom stereocenters. The van der Waals surface area contributed by atoms with E-state index >= 15 is 0 Å². The van der Waals surface area contributed by atoms with Gasteiger partial charge in [0.1, 0.15) is 0 Å². The standard InChI is InChI=1S/C18H30N4S/c1-14-5-6-16(17(11-14)23-4)13-21-18(19-2)20-12-15-7-9-22(3)10-8-15/h5-6,11,15H,7-10,12-13H2,1-4H3,(H2,19,20,21). The van der Waals surface area contributed by atoms with Crippen LogP contribution >= 0.6 is 11.8 Å². The Hall–Kier alpha value is -1.20.